The molecule has 0 N–H and O–H groups in total. The molecule has 4 nitrogen and oxygen atoms in total. The highest BCUT2D eigenvalue weighted by Gasteiger charge is 2.49. The van der Waals surface area contributed by atoms with Crippen molar-refractivity contribution in [2.24, 2.45) is 0 Å². The van der Waals surface area contributed by atoms with E-state index in [1.807, 2.05) is 12.2 Å². The zero-order valence-electron chi connectivity index (χ0n) is 6.98. The van der Waals surface area contributed by atoms with Crippen LogP contribution in [0.2, 0.25) is 0 Å². The van der Waals surface area contributed by atoms with Crippen LogP contribution in [0, 0.1) is 0 Å². The van der Waals surface area contributed by atoms with Crippen LogP contribution in [0.15, 0.2) is 23.3 Å². The molecule has 0 aromatic heterocycles. The molecule has 0 saturated heterocycles. The van der Waals surface area contributed by atoms with Crippen LogP contribution in [0.1, 0.15) is 0 Å². The average molecular weight is 177 g/mol. The fourth-order valence-corrected chi connectivity index (χ4v) is 2.01. The van der Waals surface area contributed by atoms with Crippen molar-refractivity contribution >= 4 is 11.8 Å². The van der Waals surface area contributed by atoms with Gasteiger partial charge < -0.3 is 4.74 Å². The van der Waals surface area contributed by atoms with E-state index in [4.69, 9.17) is 4.74 Å². The third-order valence-corrected chi connectivity index (χ3v) is 2.68. The number of amides is 2. The lowest BCUT2D eigenvalue weighted by atomic mass is 9.99. The molecule has 3 heterocycles. The van der Waals surface area contributed by atoms with Gasteiger partial charge in [-0.2, -0.15) is 0 Å². The molecule has 13 heavy (non-hydrogen) atoms. The second kappa shape index (κ2) is 1.90. The average Bonchev–Trinajstić information content (AvgIpc) is 2.76. The standard InChI is InChI=1S/C9H7NO3/c1-10-8(11)6-4-2-3-5(13-4)7(6)9(10)12/h2-5H,1H3. The first-order chi connectivity index (χ1) is 6.20. The number of fused-ring (bicyclic) bond motifs is 4. The molecule has 66 valence electrons. The Morgan fingerprint density at radius 1 is 1.15 bits per heavy atom. The Hall–Kier alpha value is -1.42. The zero-order chi connectivity index (χ0) is 9.16. The molecule has 0 aromatic rings. The third kappa shape index (κ3) is 0.615. The van der Waals surface area contributed by atoms with Crippen LogP contribution in [0.3, 0.4) is 0 Å². The summed E-state index contributed by atoms with van der Waals surface area (Å²) in [6, 6.07) is 0. The highest BCUT2D eigenvalue weighted by atomic mass is 16.5. The van der Waals surface area contributed by atoms with E-state index in [0.717, 1.165) is 4.90 Å². The number of hydrogen-bond donors (Lipinski definition) is 0. The fourth-order valence-electron chi connectivity index (χ4n) is 2.01. The van der Waals surface area contributed by atoms with Crippen molar-refractivity contribution in [3.63, 3.8) is 0 Å². The Balaban J connectivity index is 2.17. The van der Waals surface area contributed by atoms with Gasteiger partial charge in [0, 0.05) is 7.05 Å². The summed E-state index contributed by atoms with van der Waals surface area (Å²) in [5.41, 5.74) is 1.08. The van der Waals surface area contributed by atoms with Crippen molar-refractivity contribution in [2.75, 3.05) is 7.05 Å². The minimum Gasteiger partial charge on any atom is -0.357 e. The van der Waals surface area contributed by atoms with Crippen LogP contribution < -0.4 is 0 Å². The van der Waals surface area contributed by atoms with Crippen LogP contribution in [0.25, 0.3) is 0 Å². The van der Waals surface area contributed by atoms with Gasteiger partial charge in [0.15, 0.2) is 0 Å². The van der Waals surface area contributed by atoms with Crippen LogP contribution in [-0.4, -0.2) is 36.0 Å². The quantitative estimate of drug-likeness (QED) is 0.374. The van der Waals surface area contributed by atoms with Crippen molar-refractivity contribution in [1.82, 2.24) is 4.90 Å². The number of rotatable bonds is 0. The molecular formula is C9H7NO3. The van der Waals surface area contributed by atoms with Crippen molar-refractivity contribution < 1.29 is 14.3 Å². The molecule has 2 bridgehead atoms. The van der Waals surface area contributed by atoms with Crippen molar-refractivity contribution in [1.29, 1.82) is 0 Å². The fraction of sp³-hybridized carbons (Fsp3) is 0.333. The molecule has 3 aliphatic rings. The van der Waals surface area contributed by atoms with Gasteiger partial charge in [0.2, 0.25) is 0 Å². The van der Waals surface area contributed by atoms with Gasteiger partial charge in [0.05, 0.1) is 11.1 Å². The van der Waals surface area contributed by atoms with E-state index in [1.165, 1.54) is 7.05 Å². The SMILES string of the molecule is CN1C(=O)C2=C(C1=O)C1C=CC2O1. The first-order valence-electron chi connectivity index (χ1n) is 4.10. The Morgan fingerprint density at radius 2 is 1.62 bits per heavy atom. The molecule has 3 aliphatic heterocycles. The zero-order valence-corrected chi connectivity index (χ0v) is 6.98. The number of likely N-dealkylation sites (N-methyl/N-ethyl adjacent to an activating group) is 1. The van der Waals surface area contributed by atoms with Crippen molar-refractivity contribution in [3.05, 3.63) is 23.3 Å². The van der Waals surface area contributed by atoms with E-state index in [-0.39, 0.29) is 24.0 Å². The summed E-state index contributed by atoms with van der Waals surface area (Å²) in [5, 5.41) is 0. The van der Waals surface area contributed by atoms with Crippen molar-refractivity contribution in [3.8, 4) is 0 Å². The van der Waals surface area contributed by atoms with Crippen LogP contribution in [-0.2, 0) is 14.3 Å². The number of nitrogens with zero attached hydrogens (tertiary/aromatic N) is 1. The Labute approximate surface area is 74.5 Å². The summed E-state index contributed by atoms with van der Waals surface area (Å²) in [4.78, 5) is 24.2. The minimum absolute atomic E-state index is 0.211. The lowest BCUT2D eigenvalue weighted by Gasteiger charge is -2.12. The minimum atomic E-state index is -0.276. The summed E-state index contributed by atoms with van der Waals surface area (Å²) in [7, 11) is 1.50. The van der Waals surface area contributed by atoms with E-state index in [9.17, 15) is 9.59 Å². The van der Waals surface area contributed by atoms with E-state index in [1.54, 1.807) is 0 Å². The van der Waals surface area contributed by atoms with Crippen molar-refractivity contribution in [2.45, 2.75) is 12.2 Å². The van der Waals surface area contributed by atoms with Crippen LogP contribution in [0.4, 0.5) is 0 Å². The molecule has 0 fully saturated rings. The summed E-state index contributed by atoms with van der Waals surface area (Å²) in [6.45, 7) is 0. The molecule has 2 unspecified atom stereocenters. The topological polar surface area (TPSA) is 46.6 Å². The number of carbonyl (C=O) groups is 2. The predicted octanol–water partition coefficient (Wildman–Crippen LogP) is -0.381. The van der Waals surface area contributed by atoms with Crippen LogP contribution >= 0.6 is 0 Å². The van der Waals surface area contributed by atoms with Gasteiger partial charge in [-0.25, -0.2) is 0 Å². The highest BCUT2D eigenvalue weighted by molar-refractivity contribution is 6.21. The van der Waals surface area contributed by atoms with Gasteiger partial charge in [-0.15, -0.1) is 0 Å². The van der Waals surface area contributed by atoms with E-state index >= 15 is 0 Å². The van der Waals surface area contributed by atoms with Gasteiger partial charge >= 0.3 is 0 Å². The van der Waals surface area contributed by atoms with Gasteiger partial charge in [0.1, 0.15) is 12.2 Å². The lowest BCUT2D eigenvalue weighted by molar-refractivity contribution is -0.137. The Bertz CT molecular complexity index is 360. The number of carbonyl (C=O) groups excluding carboxylic acids is 2. The molecule has 0 aliphatic carbocycles. The monoisotopic (exact) mass is 177 g/mol. The summed E-state index contributed by atoms with van der Waals surface area (Å²) in [5.74, 6) is -0.422. The predicted molar refractivity (Wildman–Crippen MR) is 42.6 cm³/mol. The number of imide groups is 1. The maximum absolute atomic E-state index is 11.5. The molecule has 0 aromatic carbocycles. The first-order valence-corrected chi connectivity index (χ1v) is 4.10. The summed E-state index contributed by atoms with van der Waals surface area (Å²) < 4.78 is 5.37. The second-order valence-corrected chi connectivity index (χ2v) is 3.36. The molecule has 2 atom stereocenters. The van der Waals surface area contributed by atoms with Gasteiger partial charge in [-0.3, -0.25) is 14.5 Å². The Morgan fingerprint density at radius 3 is 2.08 bits per heavy atom. The summed E-state index contributed by atoms with van der Waals surface area (Å²) >= 11 is 0. The molecule has 0 radical (unpaired) electrons. The van der Waals surface area contributed by atoms with Gasteiger partial charge in [0.25, 0.3) is 11.8 Å². The van der Waals surface area contributed by atoms with Crippen LogP contribution in [0.5, 0.6) is 0 Å². The normalized spacial score (nSPS) is 35.3. The molecule has 0 saturated carbocycles. The maximum atomic E-state index is 11.5. The molecule has 2 amide bonds. The Kier molecular flexibility index (Phi) is 1.03. The molecule has 4 heteroatoms. The first kappa shape index (κ1) is 7.03. The number of ether oxygens (including phenoxy) is 1. The maximum Gasteiger partial charge on any atom is 0.259 e. The molecular weight excluding hydrogens is 170 g/mol. The largest absolute Gasteiger partial charge is 0.357 e. The van der Waals surface area contributed by atoms with Gasteiger partial charge in [-0.1, -0.05) is 12.2 Å². The van der Waals surface area contributed by atoms with Gasteiger partial charge in [-0.05, 0) is 0 Å². The second-order valence-electron chi connectivity index (χ2n) is 3.36. The van der Waals surface area contributed by atoms with E-state index in [0.29, 0.717) is 11.1 Å². The molecule has 0 spiro atoms. The summed E-state index contributed by atoms with van der Waals surface area (Å²) in [6.07, 6.45) is 3.10. The molecule has 3 rings (SSSR count). The lowest BCUT2D eigenvalue weighted by Crippen LogP contribution is -2.31. The van der Waals surface area contributed by atoms with E-state index in [2.05, 4.69) is 0 Å². The van der Waals surface area contributed by atoms with E-state index < -0.39 is 0 Å². The third-order valence-electron chi connectivity index (χ3n) is 2.68. The smallest absolute Gasteiger partial charge is 0.259 e. The number of hydrogen-bond acceptors (Lipinski definition) is 3. The highest BCUT2D eigenvalue weighted by Crippen LogP contribution is 2.39.